The summed E-state index contributed by atoms with van der Waals surface area (Å²) in [7, 11) is 0. The van der Waals surface area contributed by atoms with Crippen LogP contribution in [0, 0.1) is 0 Å². The van der Waals surface area contributed by atoms with Crippen LogP contribution in [0.4, 0.5) is 0 Å². The van der Waals surface area contributed by atoms with Crippen molar-refractivity contribution in [2.24, 2.45) is 0 Å². The van der Waals surface area contributed by atoms with Crippen molar-refractivity contribution >= 4 is 5.91 Å². The topological polar surface area (TPSA) is 61.0 Å². The Morgan fingerprint density at radius 3 is 2.78 bits per heavy atom. The van der Waals surface area contributed by atoms with Crippen LogP contribution in [0.25, 0.3) is 0 Å². The second kappa shape index (κ2) is 5.52. The van der Waals surface area contributed by atoms with Gasteiger partial charge in [0.05, 0.1) is 12.2 Å². The Hall–Kier alpha value is -1.36. The smallest absolute Gasteiger partial charge is 0.237 e. The zero-order chi connectivity index (χ0) is 13.1. The number of amides is 1. The van der Waals surface area contributed by atoms with E-state index in [0.717, 1.165) is 5.56 Å². The van der Waals surface area contributed by atoms with Crippen molar-refractivity contribution in [3.8, 4) is 0 Å². The summed E-state index contributed by atoms with van der Waals surface area (Å²) in [6.07, 6.45) is 5.89. The standard InChI is InChI=1S/C13H22N4O/c1-9-4-5-10(2)17(9)11(3)13(18)14-6-12-7-15-16-8-12/h7-11H,4-6H2,1-3H3,(H,14,18)(H,15,16). The number of H-pyrrole nitrogens is 1. The fourth-order valence-corrected chi connectivity index (χ4v) is 2.82. The van der Waals surface area contributed by atoms with Gasteiger partial charge in [0, 0.05) is 30.4 Å². The van der Waals surface area contributed by atoms with Crippen LogP contribution in [-0.4, -0.2) is 39.1 Å². The molecule has 2 N–H and O–H groups in total. The Bertz CT molecular complexity index is 380. The van der Waals surface area contributed by atoms with Crippen LogP contribution in [0.15, 0.2) is 12.4 Å². The highest BCUT2D eigenvalue weighted by atomic mass is 16.2. The summed E-state index contributed by atoms with van der Waals surface area (Å²) in [5.41, 5.74) is 0.998. The minimum atomic E-state index is -0.0654. The van der Waals surface area contributed by atoms with Crippen molar-refractivity contribution in [2.75, 3.05) is 0 Å². The Morgan fingerprint density at radius 1 is 1.56 bits per heavy atom. The summed E-state index contributed by atoms with van der Waals surface area (Å²) in [4.78, 5) is 14.4. The van der Waals surface area contributed by atoms with Crippen LogP contribution in [0.3, 0.4) is 0 Å². The molecule has 18 heavy (non-hydrogen) atoms. The molecule has 0 aliphatic carbocycles. The van der Waals surface area contributed by atoms with Gasteiger partial charge in [-0.2, -0.15) is 5.10 Å². The lowest BCUT2D eigenvalue weighted by Gasteiger charge is -2.31. The molecule has 2 rings (SSSR count). The SMILES string of the molecule is CC1CCC(C)N1C(C)C(=O)NCc1cn[nH]c1. The molecule has 5 nitrogen and oxygen atoms in total. The van der Waals surface area contributed by atoms with Gasteiger partial charge in [-0.05, 0) is 33.6 Å². The van der Waals surface area contributed by atoms with E-state index in [2.05, 4.69) is 34.3 Å². The van der Waals surface area contributed by atoms with Gasteiger partial charge in [-0.3, -0.25) is 14.8 Å². The minimum absolute atomic E-state index is 0.0654. The number of hydrogen-bond donors (Lipinski definition) is 2. The maximum atomic E-state index is 12.1. The Balaban J connectivity index is 1.88. The minimum Gasteiger partial charge on any atom is -0.351 e. The molecular weight excluding hydrogens is 228 g/mol. The van der Waals surface area contributed by atoms with Crippen molar-refractivity contribution in [1.82, 2.24) is 20.4 Å². The Kier molecular flexibility index (Phi) is 4.01. The fraction of sp³-hybridized carbons (Fsp3) is 0.692. The molecule has 0 spiro atoms. The van der Waals surface area contributed by atoms with Gasteiger partial charge in [0.25, 0.3) is 0 Å². The number of carbonyl (C=O) groups is 1. The third-order valence-corrected chi connectivity index (χ3v) is 3.87. The van der Waals surface area contributed by atoms with E-state index in [4.69, 9.17) is 0 Å². The molecule has 1 aliphatic rings. The van der Waals surface area contributed by atoms with Gasteiger partial charge in [0.15, 0.2) is 0 Å². The summed E-state index contributed by atoms with van der Waals surface area (Å²) in [6.45, 7) is 6.92. The molecule has 1 aliphatic heterocycles. The molecule has 3 atom stereocenters. The summed E-state index contributed by atoms with van der Waals surface area (Å²) in [5, 5.41) is 9.56. The van der Waals surface area contributed by atoms with Gasteiger partial charge in [-0.1, -0.05) is 0 Å². The van der Waals surface area contributed by atoms with E-state index in [1.807, 2.05) is 6.92 Å². The summed E-state index contributed by atoms with van der Waals surface area (Å²) in [6, 6.07) is 0.925. The van der Waals surface area contributed by atoms with E-state index < -0.39 is 0 Å². The van der Waals surface area contributed by atoms with Crippen LogP contribution >= 0.6 is 0 Å². The predicted molar refractivity (Wildman–Crippen MR) is 69.9 cm³/mol. The molecule has 1 aromatic heterocycles. The maximum absolute atomic E-state index is 12.1. The zero-order valence-electron chi connectivity index (χ0n) is 11.3. The molecule has 0 aromatic carbocycles. The average molecular weight is 250 g/mol. The predicted octanol–water partition coefficient (Wildman–Crippen LogP) is 1.29. The van der Waals surface area contributed by atoms with Crippen molar-refractivity contribution in [3.63, 3.8) is 0 Å². The van der Waals surface area contributed by atoms with Crippen molar-refractivity contribution in [2.45, 2.75) is 58.3 Å². The van der Waals surface area contributed by atoms with Gasteiger partial charge in [0.2, 0.25) is 5.91 Å². The molecule has 1 saturated heterocycles. The quantitative estimate of drug-likeness (QED) is 0.846. The Labute approximate surface area is 108 Å². The average Bonchev–Trinajstić information content (AvgIpc) is 2.96. The number of likely N-dealkylation sites (tertiary alicyclic amines) is 1. The van der Waals surface area contributed by atoms with E-state index in [-0.39, 0.29) is 11.9 Å². The molecule has 1 aromatic rings. The monoisotopic (exact) mass is 250 g/mol. The Morgan fingerprint density at radius 2 is 2.22 bits per heavy atom. The number of hydrogen-bond acceptors (Lipinski definition) is 3. The van der Waals surface area contributed by atoms with Crippen molar-refractivity contribution in [1.29, 1.82) is 0 Å². The second-order valence-corrected chi connectivity index (χ2v) is 5.22. The lowest BCUT2D eigenvalue weighted by atomic mass is 10.2. The van der Waals surface area contributed by atoms with E-state index in [9.17, 15) is 4.79 Å². The highest BCUT2D eigenvalue weighted by Crippen LogP contribution is 2.25. The molecule has 0 radical (unpaired) electrons. The molecule has 0 saturated carbocycles. The summed E-state index contributed by atoms with van der Waals surface area (Å²) < 4.78 is 0. The third-order valence-electron chi connectivity index (χ3n) is 3.87. The first-order chi connectivity index (χ1) is 8.59. The van der Waals surface area contributed by atoms with Crippen LogP contribution in [0.5, 0.6) is 0 Å². The van der Waals surface area contributed by atoms with E-state index in [0.29, 0.717) is 18.6 Å². The molecule has 2 heterocycles. The second-order valence-electron chi connectivity index (χ2n) is 5.22. The van der Waals surface area contributed by atoms with Gasteiger partial charge in [-0.15, -0.1) is 0 Å². The molecule has 1 fully saturated rings. The maximum Gasteiger partial charge on any atom is 0.237 e. The molecule has 100 valence electrons. The van der Waals surface area contributed by atoms with Gasteiger partial charge in [0.1, 0.15) is 0 Å². The summed E-state index contributed by atoms with van der Waals surface area (Å²) >= 11 is 0. The highest BCUT2D eigenvalue weighted by Gasteiger charge is 2.34. The molecule has 3 unspecified atom stereocenters. The molecular formula is C13H22N4O. The zero-order valence-corrected chi connectivity index (χ0v) is 11.3. The largest absolute Gasteiger partial charge is 0.351 e. The number of aromatic amines is 1. The van der Waals surface area contributed by atoms with E-state index >= 15 is 0 Å². The number of nitrogens with zero attached hydrogens (tertiary/aromatic N) is 2. The lowest BCUT2D eigenvalue weighted by molar-refractivity contribution is -0.127. The van der Waals surface area contributed by atoms with Crippen LogP contribution in [-0.2, 0) is 11.3 Å². The van der Waals surface area contributed by atoms with Crippen molar-refractivity contribution in [3.05, 3.63) is 18.0 Å². The van der Waals surface area contributed by atoms with Crippen LogP contribution < -0.4 is 5.32 Å². The third kappa shape index (κ3) is 2.72. The fourth-order valence-electron chi connectivity index (χ4n) is 2.82. The molecule has 5 heteroatoms. The number of rotatable bonds is 4. The molecule has 1 amide bonds. The molecule has 0 bridgehead atoms. The van der Waals surface area contributed by atoms with E-state index in [1.165, 1.54) is 12.8 Å². The number of carbonyl (C=O) groups excluding carboxylic acids is 1. The van der Waals surface area contributed by atoms with Gasteiger partial charge < -0.3 is 5.32 Å². The van der Waals surface area contributed by atoms with Crippen LogP contribution in [0.1, 0.15) is 39.2 Å². The van der Waals surface area contributed by atoms with E-state index in [1.54, 1.807) is 12.4 Å². The van der Waals surface area contributed by atoms with Gasteiger partial charge in [-0.25, -0.2) is 0 Å². The lowest BCUT2D eigenvalue weighted by Crippen LogP contribution is -2.48. The first kappa shape index (κ1) is 13.1. The first-order valence-corrected chi connectivity index (χ1v) is 6.62. The van der Waals surface area contributed by atoms with Gasteiger partial charge >= 0.3 is 0 Å². The normalized spacial score (nSPS) is 26.2. The highest BCUT2D eigenvalue weighted by molar-refractivity contribution is 5.81. The summed E-state index contributed by atoms with van der Waals surface area (Å²) in [5.74, 6) is 0.0943. The number of nitrogens with one attached hydrogen (secondary N) is 2. The number of aromatic nitrogens is 2. The van der Waals surface area contributed by atoms with Crippen LogP contribution in [0.2, 0.25) is 0 Å². The van der Waals surface area contributed by atoms with Crippen molar-refractivity contribution < 1.29 is 4.79 Å². The first-order valence-electron chi connectivity index (χ1n) is 6.62.